The minimum Gasteiger partial charge on any atom is -0.492 e. The summed E-state index contributed by atoms with van der Waals surface area (Å²) in [5.41, 5.74) is 1.15. The van der Waals surface area contributed by atoms with Crippen LogP contribution in [0.5, 0.6) is 5.75 Å². The van der Waals surface area contributed by atoms with E-state index in [4.69, 9.17) is 16.3 Å². The minimum atomic E-state index is -3.73. The summed E-state index contributed by atoms with van der Waals surface area (Å²) in [5, 5.41) is 3.20. The average Bonchev–Trinajstić information content (AvgIpc) is 2.76. The number of ether oxygens (including phenoxy) is 1. The highest BCUT2D eigenvalue weighted by Crippen LogP contribution is 2.30. The molecule has 30 heavy (non-hydrogen) atoms. The molecule has 1 fully saturated rings. The number of halogens is 1. The summed E-state index contributed by atoms with van der Waals surface area (Å²) in [6.45, 7) is 3.37. The van der Waals surface area contributed by atoms with Gasteiger partial charge < -0.3 is 10.1 Å². The van der Waals surface area contributed by atoms with Crippen LogP contribution in [0.15, 0.2) is 53.4 Å². The van der Waals surface area contributed by atoms with Crippen LogP contribution < -0.4 is 10.1 Å². The molecule has 162 valence electrons. The van der Waals surface area contributed by atoms with Gasteiger partial charge in [-0.3, -0.25) is 4.79 Å². The molecule has 1 heterocycles. The highest BCUT2D eigenvalue weighted by atomic mass is 35.5. The van der Waals surface area contributed by atoms with Crippen LogP contribution >= 0.6 is 11.6 Å². The predicted octanol–water partition coefficient (Wildman–Crippen LogP) is 3.50. The molecule has 6 nitrogen and oxygen atoms in total. The van der Waals surface area contributed by atoms with Gasteiger partial charge in [-0.25, -0.2) is 8.42 Å². The Kier molecular flexibility index (Phi) is 7.75. The SMILES string of the molecule is CCOc1ccc(S(=O)(=O)N2CCC[C@@H](C(=O)NCCc3ccccc3)C2)cc1Cl. The Bertz CT molecular complexity index is 966. The van der Waals surface area contributed by atoms with Crippen LogP contribution in [-0.2, 0) is 21.2 Å². The Morgan fingerprint density at radius 2 is 2.00 bits per heavy atom. The smallest absolute Gasteiger partial charge is 0.243 e. The van der Waals surface area contributed by atoms with Gasteiger partial charge in [-0.05, 0) is 49.9 Å². The predicted molar refractivity (Wildman–Crippen MR) is 117 cm³/mol. The fraction of sp³-hybridized carbons (Fsp3) is 0.409. The van der Waals surface area contributed by atoms with Crippen LogP contribution in [0.4, 0.5) is 0 Å². The highest BCUT2D eigenvalue weighted by molar-refractivity contribution is 7.89. The van der Waals surface area contributed by atoms with E-state index >= 15 is 0 Å². The van der Waals surface area contributed by atoms with Gasteiger partial charge in [-0.2, -0.15) is 4.31 Å². The first-order valence-corrected chi connectivity index (χ1v) is 12.0. The number of amides is 1. The quantitative estimate of drug-likeness (QED) is 0.667. The van der Waals surface area contributed by atoms with Gasteiger partial charge in [0.1, 0.15) is 5.75 Å². The first-order chi connectivity index (χ1) is 14.4. The Labute approximate surface area is 183 Å². The van der Waals surface area contributed by atoms with Crippen LogP contribution in [0.3, 0.4) is 0 Å². The molecule has 0 bridgehead atoms. The molecule has 0 aromatic heterocycles. The van der Waals surface area contributed by atoms with Crippen molar-refractivity contribution in [3.63, 3.8) is 0 Å². The molecule has 1 saturated heterocycles. The average molecular weight is 451 g/mol. The molecule has 0 aliphatic carbocycles. The number of nitrogens with zero attached hydrogens (tertiary/aromatic N) is 1. The Morgan fingerprint density at radius 1 is 1.23 bits per heavy atom. The van der Waals surface area contributed by atoms with Gasteiger partial charge in [-0.15, -0.1) is 0 Å². The normalized spacial score (nSPS) is 17.5. The van der Waals surface area contributed by atoms with Crippen LogP contribution in [0.25, 0.3) is 0 Å². The Morgan fingerprint density at radius 3 is 2.70 bits per heavy atom. The number of carbonyl (C=O) groups excluding carboxylic acids is 1. The van der Waals surface area contributed by atoms with Crippen molar-refractivity contribution in [2.75, 3.05) is 26.2 Å². The summed E-state index contributed by atoms with van der Waals surface area (Å²) in [6.07, 6.45) is 2.06. The molecule has 2 aromatic carbocycles. The first-order valence-electron chi connectivity index (χ1n) is 10.2. The van der Waals surface area contributed by atoms with Gasteiger partial charge in [0.15, 0.2) is 0 Å². The third-order valence-corrected chi connectivity index (χ3v) is 7.31. The largest absolute Gasteiger partial charge is 0.492 e. The van der Waals surface area contributed by atoms with E-state index in [-0.39, 0.29) is 28.3 Å². The maximum atomic E-state index is 13.1. The monoisotopic (exact) mass is 450 g/mol. The number of piperidine rings is 1. The van der Waals surface area contributed by atoms with Gasteiger partial charge in [0.2, 0.25) is 15.9 Å². The number of carbonyl (C=O) groups is 1. The topological polar surface area (TPSA) is 75.7 Å². The molecule has 0 unspecified atom stereocenters. The zero-order valence-corrected chi connectivity index (χ0v) is 18.6. The minimum absolute atomic E-state index is 0.101. The Hall–Kier alpha value is -2.09. The van der Waals surface area contributed by atoms with E-state index in [2.05, 4.69) is 5.32 Å². The number of rotatable bonds is 8. The molecule has 1 aliphatic heterocycles. The third-order valence-electron chi connectivity index (χ3n) is 5.15. The van der Waals surface area contributed by atoms with Crippen molar-refractivity contribution in [1.82, 2.24) is 9.62 Å². The summed E-state index contributed by atoms with van der Waals surface area (Å²) in [5.74, 6) is -0.00884. The van der Waals surface area contributed by atoms with Crippen LogP contribution in [0.2, 0.25) is 5.02 Å². The summed E-state index contributed by atoms with van der Waals surface area (Å²) < 4.78 is 32.9. The van der Waals surface area contributed by atoms with E-state index < -0.39 is 10.0 Å². The maximum absolute atomic E-state index is 13.1. The van der Waals surface area contributed by atoms with E-state index in [1.165, 1.54) is 16.4 Å². The number of benzene rings is 2. The zero-order chi connectivity index (χ0) is 21.6. The number of nitrogens with one attached hydrogen (secondary N) is 1. The van der Waals surface area contributed by atoms with Crippen molar-refractivity contribution in [3.05, 3.63) is 59.1 Å². The lowest BCUT2D eigenvalue weighted by Gasteiger charge is -2.31. The first kappa shape index (κ1) is 22.6. The molecule has 8 heteroatoms. The molecule has 1 aliphatic rings. The summed E-state index contributed by atoms with van der Waals surface area (Å²) in [7, 11) is -3.73. The van der Waals surface area contributed by atoms with Gasteiger partial charge in [-0.1, -0.05) is 41.9 Å². The second kappa shape index (κ2) is 10.3. The number of hydrogen-bond donors (Lipinski definition) is 1. The van der Waals surface area contributed by atoms with Crippen LogP contribution in [0, 0.1) is 5.92 Å². The fourth-order valence-electron chi connectivity index (χ4n) is 3.56. The van der Waals surface area contributed by atoms with Gasteiger partial charge in [0.25, 0.3) is 0 Å². The van der Waals surface area contributed by atoms with E-state index in [1.54, 1.807) is 6.07 Å². The van der Waals surface area contributed by atoms with E-state index in [0.717, 1.165) is 12.0 Å². The lowest BCUT2D eigenvalue weighted by Crippen LogP contribution is -2.45. The summed E-state index contributed by atoms with van der Waals surface area (Å²) in [6, 6.07) is 14.4. The highest BCUT2D eigenvalue weighted by Gasteiger charge is 2.33. The summed E-state index contributed by atoms with van der Waals surface area (Å²) >= 11 is 6.17. The Balaban J connectivity index is 1.61. The molecule has 1 N–H and O–H groups in total. The molecule has 0 saturated carbocycles. The molecule has 0 radical (unpaired) electrons. The van der Waals surface area contributed by atoms with Crippen molar-refractivity contribution >= 4 is 27.5 Å². The van der Waals surface area contributed by atoms with Crippen molar-refractivity contribution in [2.24, 2.45) is 5.92 Å². The standard InChI is InChI=1S/C22H27ClN2O4S/c1-2-29-21-11-10-19(15-20(21)23)30(27,28)25-14-6-9-18(16-25)22(26)24-13-12-17-7-4-3-5-8-17/h3-5,7-8,10-11,15,18H,2,6,9,12-14,16H2,1H3,(H,24,26)/t18-/m1/s1. The lowest BCUT2D eigenvalue weighted by atomic mass is 9.99. The van der Waals surface area contributed by atoms with E-state index in [9.17, 15) is 13.2 Å². The number of sulfonamides is 1. The molecule has 0 spiro atoms. The molecular weight excluding hydrogens is 424 g/mol. The van der Waals surface area contributed by atoms with Crippen molar-refractivity contribution < 1.29 is 17.9 Å². The third kappa shape index (κ3) is 5.53. The zero-order valence-electron chi connectivity index (χ0n) is 17.0. The second-order valence-corrected chi connectivity index (χ2v) is 9.60. The molecular formula is C22H27ClN2O4S. The van der Waals surface area contributed by atoms with Gasteiger partial charge in [0, 0.05) is 19.6 Å². The molecule has 3 rings (SSSR count). The number of hydrogen-bond acceptors (Lipinski definition) is 4. The second-order valence-electron chi connectivity index (χ2n) is 7.25. The summed E-state index contributed by atoms with van der Waals surface area (Å²) in [4.78, 5) is 12.7. The van der Waals surface area contributed by atoms with Gasteiger partial charge in [0.05, 0.1) is 22.4 Å². The van der Waals surface area contributed by atoms with Crippen LogP contribution in [-0.4, -0.2) is 44.9 Å². The molecule has 2 aromatic rings. The molecule has 1 atom stereocenters. The van der Waals surface area contributed by atoms with E-state index in [1.807, 2.05) is 37.3 Å². The lowest BCUT2D eigenvalue weighted by molar-refractivity contribution is -0.126. The molecule has 1 amide bonds. The maximum Gasteiger partial charge on any atom is 0.243 e. The van der Waals surface area contributed by atoms with Crippen molar-refractivity contribution in [3.8, 4) is 5.75 Å². The van der Waals surface area contributed by atoms with Gasteiger partial charge >= 0.3 is 0 Å². The van der Waals surface area contributed by atoms with Crippen LogP contribution in [0.1, 0.15) is 25.3 Å². The van der Waals surface area contributed by atoms with Crippen molar-refractivity contribution in [1.29, 1.82) is 0 Å². The fourth-order valence-corrected chi connectivity index (χ4v) is 5.41. The van der Waals surface area contributed by atoms with E-state index in [0.29, 0.717) is 38.3 Å². The van der Waals surface area contributed by atoms with Crippen molar-refractivity contribution in [2.45, 2.75) is 31.1 Å².